The zero-order valence-corrected chi connectivity index (χ0v) is 12.0. The number of para-hydroxylation sites is 1. The molecule has 1 aromatic carbocycles. The molecule has 5 heteroatoms. The molecule has 0 spiro atoms. The number of nitrogens with zero attached hydrogens (tertiary/aromatic N) is 1. The number of amides is 1. The van der Waals surface area contributed by atoms with Gasteiger partial charge in [-0.05, 0) is 37.8 Å². The van der Waals surface area contributed by atoms with Crippen LogP contribution >= 0.6 is 0 Å². The van der Waals surface area contributed by atoms with Crippen molar-refractivity contribution in [2.24, 2.45) is 11.7 Å². The Balaban J connectivity index is 2.09. The first-order valence-corrected chi connectivity index (χ1v) is 6.95. The average molecular weight is 278 g/mol. The van der Waals surface area contributed by atoms with Gasteiger partial charge in [-0.1, -0.05) is 6.07 Å². The highest BCUT2D eigenvalue weighted by molar-refractivity contribution is 5.97. The number of rotatable bonds is 3. The Morgan fingerprint density at radius 3 is 2.65 bits per heavy atom. The Kier molecular flexibility index (Phi) is 4.49. The normalized spacial score (nSPS) is 17.9. The number of nitrogens with two attached hydrogens (primary N) is 1. The van der Waals surface area contributed by atoms with E-state index in [9.17, 15) is 9.90 Å². The first-order valence-electron chi connectivity index (χ1n) is 6.95. The number of hydrogen-bond acceptors (Lipinski definition) is 4. The third-order valence-electron chi connectivity index (χ3n) is 4.02. The smallest absolute Gasteiger partial charge is 0.257 e. The van der Waals surface area contributed by atoms with Crippen LogP contribution in [0.5, 0.6) is 11.5 Å². The molecule has 110 valence electrons. The Labute approximate surface area is 119 Å². The van der Waals surface area contributed by atoms with Gasteiger partial charge in [0.2, 0.25) is 0 Å². The Morgan fingerprint density at radius 1 is 1.45 bits per heavy atom. The van der Waals surface area contributed by atoms with Gasteiger partial charge >= 0.3 is 0 Å². The van der Waals surface area contributed by atoms with Crippen molar-refractivity contribution in [2.45, 2.75) is 25.8 Å². The Morgan fingerprint density at radius 2 is 2.10 bits per heavy atom. The van der Waals surface area contributed by atoms with Crippen molar-refractivity contribution < 1.29 is 14.6 Å². The number of aromatic hydroxyl groups is 1. The molecule has 1 fully saturated rings. The monoisotopic (exact) mass is 278 g/mol. The highest BCUT2D eigenvalue weighted by Gasteiger charge is 2.27. The summed E-state index contributed by atoms with van der Waals surface area (Å²) in [6, 6.07) is 5.13. The molecule has 0 aromatic heterocycles. The highest BCUT2D eigenvalue weighted by atomic mass is 16.5. The summed E-state index contributed by atoms with van der Waals surface area (Å²) in [4.78, 5) is 14.2. The number of carbonyl (C=O) groups is 1. The zero-order valence-electron chi connectivity index (χ0n) is 12.0. The fourth-order valence-corrected chi connectivity index (χ4v) is 2.66. The summed E-state index contributed by atoms with van der Waals surface area (Å²) < 4.78 is 5.03. The van der Waals surface area contributed by atoms with E-state index < -0.39 is 0 Å². The van der Waals surface area contributed by atoms with Gasteiger partial charge in [0.15, 0.2) is 11.5 Å². The minimum atomic E-state index is -0.149. The van der Waals surface area contributed by atoms with E-state index in [0.717, 1.165) is 12.8 Å². The maximum absolute atomic E-state index is 12.4. The van der Waals surface area contributed by atoms with E-state index in [1.165, 1.54) is 7.11 Å². The molecule has 1 heterocycles. The quantitative estimate of drug-likeness (QED) is 0.880. The molecule has 1 unspecified atom stereocenters. The van der Waals surface area contributed by atoms with E-state index in [-0.39, 0.29) is 17.7 Å². The van der Waals surface area contributed by atoms with Gasteiger partial charge in [0, 0.05) is 19.1 Å². The van der Waals surface area contributed by atoms with Crippen molar-refractivity contribution in [1.82, 2.24) is 4.90 Å². The van der Waals surface area contributed by atoms with Crippen LogP contribution < -0.4 is 10.5 Å². The van der Waals surface area contributed by atoms with Crippen LogP contribution in [-0.2, 0) is 0 Å². The number of hydrogen-bond donors (Lipinski definition) is 2. The summed E-state index contributed by atoms with van der Waals surface area (Å²) >= 11 is 0. The number of phenolic OH excluding ortho intramolecular Hbond substituents is 1. The molecule has 0 radical (unpaired) electrons. The van der Waals surface area contributed by atoms with Crippen molar-refractivity contribution in [1.29, 1.82) is 0 Å². The number of methoxy groups -OCH3 is 1. The van der Waals surface area contributed by atoms with E-state index in [1.54, 1.807) is 23.1 Å². The average Bonchev–Trinajstić information content (AvgIpc) is 2.47. The molecule has 0 saturated carbocycles. The second-order valence-electron chi connectivity index (χ2n) is 5.35. The molecular formula is C15H22N2O3. The summed E-state index contributed by atoms with van der Waals surface area (Å²) in [5.74, 6) is 0.554. The van der Waals surface area contributed by atoms with E-state index >= 15 is 0 Å². The lowest BCUT2D eigenvalue weighted by molar-refractivity contribution is 0.0677. The summed E-state index contributed by atoms with van der Waals surface area (Å²) in [7, 11) is 1.47. The van der Waals surface area contributed by atoms with Crippen molar-refractivity contribution in [2.75, 3.05) is 20.2 Å². The fraction of sp³-hybridized carbons (Fsp3) is 0.533. The first kappa shape index (κ1) is 14.7. The SMILES string of the molecule is COc1cccc(C(=O)N2CCC(C(C)N)CC2)c1O. The van der Waals surface area contributed by atoms with Gasteiger partial charge in [0.1, 0.15) is 0 Å². The number of phenols is 1. The minimum absolute atomic E-state index is 0.0886. The summed E-state index contributed by atoms with van der Waals surface area (Å²) in [6.07, 6.45) is 1.82. The van der Waals surface area contributed by atoms with E-state index in [2.05, 4.69) is 0 Å². The molecule has 2 rings (SSSR count). The maximum atomic E-state index is 12.4. The largest absolute Gasteiger partial charge is 0.504 e. The van der Waals surface area contributed by atoms with Gasteiger partial charge in [-0.2, -0.15) is 0 Å². The third-order valence-corrected chi connectivity index (χ3v) is 4.02. The molecule has 3 N–H and O–H groups in total. The van der Waals surface area contributed by atoms with Crippen LogP contribution in [-0.4, -0.2) is 42.2 Å². The highest BCUT2D eigenvalue weighted by Crippen LogP contribution is 2.31. The summed E-state index contributed by atoms with van der Waals surface area (Å²) in [6.45, 7) is 3.37. The molecule has 5 nitrogen and oxygen atoms in total. The molecule has 1 saturated heterocycles. The lowest BCUT2D eigenvalue weighted by Crippen LogP contribution is -2.42. The lowest BCUT2D eigenvalue weighted by Gasteiger charge is -2.33. The minimum Gasteiger partial charge on any atom is -0.504 e. The second kappa shape index (κ2) is 6.13. The fourth-order valence-electron chi connectivity index (χ4n) is 2.66. The Bertz CT molecular complexity index is 480. The molecule has 0 aliphatic carbocycles. The Hall–Kier alpha value is -1.75. The number of ether oxygens (including phenoxy) is 1. The molecule has 1 aromatic rings. The number of carbonyl (C=O) groups excluding carboxylic acids is 1. The molecule has 0 bridgehead atoms. The predicted molar refractivity (Wildman–Crippen MR) is 76.9 cm³/mol. The van der Waals surface area contributed by atoms with Gasteiger partial charge in [-0.3, -0.25) is 4.79 Å². The van der Waals surface area contributed by atoms with Crippen molar-refractivity contribution >= 4 is 5.91 Å². The number of likely N-dealkylation sites (tertiary alicyclic amines) is 1. The predicted octanol–water partition coefficient (Wildman–Crippen LogP) is 1.60. The van der Waals surface area contributed by atoms with Crippen molar-refractivity contribution in [3.63, 3.8) is 0 Å². The molecule has 1 amide bonds. The van der Waals surface area contributed by atoms with Crippen LogP contribution in [0, 0.1) is 5.92 Å². The van der Waals surface area contributed by atoms with E-state index in [1.807, 2.05) is 6.92 Å². The van der Waals surface area contributed by atoms with E-state index in [4.69, 9.17) is 10.5 Å². The van der Waals surface area contributed by atoms with Gasteiger partial charge in [0.05, 0.1) is 12.7 Å². The molecule has 1 aliphatic heterocycles. The summed E-state index contributed by atoms with van der Waals surface area (Å²) in [5, 5.41) is 10.0. The van der Waals surface area contributed by atoms with Gasteiger partial charge in [0.25, 0.3) is 5.91 Å². The van der Waals surface area contributed by atoms with Crippen LogP contribution in [0.25, 0.3) is 0 Å². The van der Waals surface area contributed by atoms with E-state index in [0.29, 0.717) is 30.3 Å². The van der Waals surface area contributed by atoms with Crippen LogP contribution in [0.2, 0.25) is 0 Å². The van der Waals surface area contributed by atoms with Gasteiger partial charge < -0.3 is 20.5 Å². The standard InChI is InChI=1S/C15H22N2O3/c1-10(16)11-6-8-17(9-7-11)15(19)12-4-3-5-13(20-2)14(12)18/h3-5,10-11,18H,6-9,16H2,1-2H3. The number of piperidine rings is 1. The lowest BCUT2D eigenvalue weighted by atomic mass is 9.90. The third kappa shape index (κ3) is 2.88. The van der Waals surface area contributed by atoms with Crippen LogP contribution in [0.3, 0.4) is 0 Å². The maximum Gasteiger partial charge on any atom is 0.257 e. The molecular weight excluding hydrogens is 256 g/mol. The molecule has 1 atom stereocenters. The van der Waals surface area contributed by atoms with Crippen molar-refractivity contribution in [3.8, 4) is 11.5 Å². The topological polar surface area (TPSA) is 75.8 Å². The second-order valence-corrected chi connectivity index (χ2v) is 5.35. The van der Waals surface area contributed by atoms with Gasteiger partial charge in [-0.25, -0.2) is 0 Å². The van der Waals surface area contributed by atoms with Crippen LogP contribution in [0.15, 0.2) is 18.2 Å². The van der Waals surface area contributed by atoms with Crippen LogP contribution in [0.4, 0.5) is 0 Å². The summed E-state index contributed by atoms with van der Waals surface area (Å²) in [5.41, 5.74) is 6.20. The molecule has 20 heavy (non-hydrogen) atoms. The van der Waals surface area contributed by atoms with Crippen molar-refractivity contribution in [3.05, 3.63) is 23.8 Å². The molecule has 1 aliphatic rings. The zero-order chi connectivity index (χ0) is 14.7. The number of benzene rings is 1. The first-order chi connectivity index (χ1) is 9.54. The van der Waals surface area contributed by atoms with Crippen LogP contribution in [0.1, 0.15) is 30.1 Å². The van der Waals surface area contributed by atoms with Gasteiger partial charge in [-0.15, -0.1) is 0 Å².